The highest BCUT2D eigenvalue weighted by atomic mass is 32.1. The van der Waals surface area contributed by atoms with Crippen molar-refractivity contribution in [1.29, 1.82) is 0 Å². The molecule has 1 fully saturated rings. The molecule has 1 aliphatic heterocycles. The van der Waals surface area contributed by atoms with E-state index in [2.05, 4.69) is 10.3 Å². The number of likely N-dealkylation sites (tertiary alicyclic amines) is 1. The maximum absolute atomic E-state index is 12.4. The topological polar surface area (TPSA) is 138 Å². The minimum atomic E-state index is -0.949. The Balaban J connectivity index is 1.46. The highest BCUT2D eigenvalue weighted by Gasteiger charge is 2.31. The summed E-state index contributed by atoms with van der Waals surface area (Å²) in [6.07, 6.45) is 0.128. The van der Waals surface area contributed by atoms with Gasteiger partial charge in [-0.1, -0.05) is 30.3 Å². The van der Waals surface area contributed by atoms with Crippen LogP contribution < -0.4 is 11.1 Å². The Morgan fingerprint density at radius 1 is 1.10 bits per heavy atom. The molecule has 2 amide bonds. The Bertz CT molecular complexity index is 1350. The molecule has 0 aliphatic carbocycles. The summed E-state index contributed by atoms with van der Waals surface area (Å²) >= 11 is 1.37. The molecule has 0 spiro atoms. The highest BCUT2D eigenvalue weighted by Crippen LogP contribution is 2.38. The normalized spacial score (nSPS) is 15.5. The number of pyridine rings is 1. The number of carbonyl (C=O) groups is 2. The van der Waals surface area contributed by atoms with Crippen molar-refractivity contribution in [3.63, 3.8) is 0 Å². The molecular formula is C30H38N4O5S. The fraction of sp³-hybridized carbons (Fsp3) is 0.433. The summed E-state index contributed by atoms with van der Waals surface area (Å²) in [6.45, 7) is 9.99. The second-order valence-corrected chi connectivity index (χ2v) is 12.7. The number of nitrogens with two attached hydrogens (primary N) is 1. The number of primary amides is 1. The molecule has 1 saturated heterocycles. The molecule has 1 unspecified atom stereocenters. The number of amides is 2. The number of benzene rings is 1. The largest absolute Gasteiger partial charge is 0.444 e. The van der Waals surface area contributed by atoms with Crippen molar-refractivity contribution in [2.75, 3.05) is 18.4 Å². The fourth-order valence-corrected chi connectivity index (χ4v) is 5.70. The summed E-state index contributed by atoms with van der Waals surface area (Å²) in [7, 11) is 0. The predicted molar refractivity (Wildman–Crippen MR) is 157 cm³/mol. The van der Waals surface area contributed by atoms with Crippen molar-refractivity contribution in [3.05, 3.63) is 65.4 Å². The molecule has 10 heteroatoms. The number of aliphatic hydroxyl groups excluding tert-OH is 1. The summed E-state index contributed by atoms with van der Waals surface area (Å²) in [4.78, 5) is 31.8. The van der Waals surface area contributed by atoms with Crippen molar-refractivity contribution < 1.29 is 24.5 Å². The van der Waals surface area contributed by atoms with E-state index in [0.717, 1.165) is 16.0 Å². The summed E-state index contributed by atoms with van der Waals surface area (Å²) in [6, 6.07) is 14.6. The van der Waals surface area contributed by atoms with Crippen LogP contribution in [0.15, 0.2) is 48.5 Å². The van der Waals surface area contributed by atoms with Gasteiger partial charge in [0.1, 0.15) is 16.4 Å². The number of ether oxygens (including phenoxy) is 1. The number of hydrogen-bond donors (Lipinski definition) is 4. The lowest BCUT2D eigenvalue weighted by atomic mass is 9.89. The lowest BCUT2D eigenvalue weighted by Gasteiger charge is -2.35. The van der Waals surface area contributed by atoms with E-state index >= 15 is 0 Å². The van der Waals surface area contributed by atoms with Crippen LogP contribution in [-0.4, -0.2) is 50.8 Å². The lowest BCUT2D eigenvalue weighted by Crippen LogP contribution is -2.42. The smallest absolute Gasteiger partial charge is 0.410 e. The molecule has 5 N–H and O–H groups in total. The Labute approximate surface area is 239 Å². The molecule has 3 heterocycles. The molecule has 3 aromatic rings. The number of piperidine rings is 1. The van der Waals surface area contributed by atoms with Crippen molar-refractivity contribution >= 4 is 34.2 Å². The zero-order valence-corrected chi connectivity index (χ0v) is 24.4. The minimum absolute atomic E-state index is 0.0529. The number of carbonyl (C=O) groups excluding carboxylic acids is 2. The van der Waals surface area contributed by atoms with Gasteiger partial charge >= 0.3 is 6.09 Å². The zero-order valence-electron chi connectivity index (χ0n) is 23.6. The maximum Gasteiger partial charge on any atom is 0.410 e. The SMILES string of the molecule is CC(C)(C)OC(=O)N1CCC(C(O)c2cccc(Nc3sc(-c4ccc(C(C)(C)O)cc4)cc3C(N)=O)n2)CC1. The van der Waals surface area contributed by atoms with Gasteiger partial charge in [0, 0.05) is 18.0 Å². The van der Waals surface area contributed by atoms with E-state index in [1.165, 1.54) is 11.3 Å². The molecular weight excluding hydrogens is 528 g/mol. The molecule has 0 bridgehead atoms. The first-order valence-electron chi connectivity index (χ1n) is 13.4. The van der Waals surface area contributed by atoms with Gasteiger partial charge in [0.25, 0.3) is 5.91 Å². The number of rotatable bonds is 7. The highest BCUT2D eigenvalue weighted by molar-refractivity contribution is 7.19. The van der Waals surface area contributed by atoms with Crippen LogP contribution in [0.3, 0.4) is 0 Å². The van der Waals surface area contributed by atoms with Crippen molar-refractivity contribution in [1.82, 2.24) is 9.88 Å². The average Bonchev–Trinajstić information content (AvgIpc) is 3.31. The molecule has 2 aromatic heterocycles. The summed E-state index contributed by atoms with van der Waals surface area (Å²) in [5.74, 6) is -0.134. The molecule has 9 nitrogen and oxygen atoms in total. The average molecular weight is 567 g/mol. The van der Waals surface area contributed by atoms with E-state index in [-0.39, 0.29) is 12.0 Å². The number of aromatic nitrogens is 1. The van der Waals surface area contributed by atoms with Gasteiger partial charge in [-0.2, -0.15) is 0 Å². The van der Waals surface area contributed by atoms with Gasteiger partial charge in [-0.3, -0.25) is 4.79 Å². The Hall–Kier alpha value is -3.47. The Kier molecular flexibility index (Phi) is 8.53. The van der Waals surface area contributed by atoms with Crippen LogP contribution in [0.2, 0.25) is 0 Å². The Morgan fingerprint density at radius 2 is 1.75 bits per heavy atom. The second kappa shape index (κ2) is 11.6. The van der Waals surface area contributed by atoms with Gasteiger partial charge < -0.3 is 30.9 Å². The van der Waals surface area contributed by atoms with Crippen LogP contribution in [-0.2, 0) is 10.3 Å². The molecule has 1 atom stereocenters. The van der Waals surface area contributed by atoms with E-state index < -0.39 is 23.2 Å². The van der Waals surface area contributed by atoms with Gasteiger partial charge in [0.05, 0.1) is 23.0 Å². The third-order valence-electron chi connectivity index (χ3n) is 6.83. The van der Waals surface area contributed by atoms with Crippen molar-refractivity contribution in [2.45, 2.75) is 64.8 Å². The number of nitrogens with one attached hydrogen (secondary N) is 1. The van der Waals surface area contributed by atoms with Gasteiger partial charge in [0.2, 0.25) is 0 Å². The third-order valence-corrected chi connectivity index (χ3v) is 7.93. The lowest BCUT2D eigenvalue weighted by molar-refractivity contribution is 0.00716. The monoisotopic (exact) mass is 566 g/mol. The summed E-state index contributed by atoms with van der Waals surface area (Å²) in [5, 5.41) is 25.1. The van der Waals surface area contributed by atoms with Gasteiger partial charge in [0.15, 0.2) is 0 Å². The molecule has 40 heavy (non-hydrogen) atoms. The number of anilines is 2. The minimum Gasteiger partial charge on any atom is -0.444 e. The van der Waals surface area contributed by atoms with E-state index in [9.17, 15) is 19.8 Å². The van der Waals surface area contributed by atoms with E-state index in [4.69, 9.17) is 10.5 Å². The zero-order chi connectivity index (χ0) is 29.2. The predicted octanol–water partition coefficient (Wildman–Crippen LogP) is 5.56. The molecule has 1 aliphatic rings. The van der Waals surface area contributed by atoms with Crippen molar-refractivity contribution in [2.24, 2.45) is 11.7 Å². The number of aliphatic hydroxyl groups is 2. The number of thiophene rings is 1. The van der Waals surface area contributed by atoms with Crippen LogP contribution in [0.1, 0.15) is 75.2 Å². The van der Waals surface area contributed by atoms with E-state index in [1.807, 2.05) is 45.0 Å². The third kappa shape index (κ3) is 7.18. The molecule has 4 rings (SSSR count). The first kappa shape index (κ1) is 29.5. The first-order chi connectivity index (χ1) is 18.7. The first-order valence-corrected chi connectivity index (χ1v) is 14.2. The van der Waals surface area contributed by atoms with Crippen LogP contribution in [0.4, 0.5) is 15.6 Å². The van der Waals surface area contributed by atoms with Crippen LogP contribution >= 0.6 is 11.3 Å². The molecule has 214 valence electrons. The standard InChI is InChI=1S/C30H38N4O5S/c1-29(2,3)39-28(37)34-15-13-19(14-16-34)25(35)22-7-6-8-24(32-22)33-27-21(26(31)36)17-23(40-27)18-9-11-20(12-10-18)30(4,5)38/h6-12,17,19,25,35,38H,13-16H2,1-5H3,(H2,31,36)(H,32,33). The second-order valence-electron chi connectivity index (χ2n) is 11.7. The van der Waals surface area contributed by atoms with Crippen LogP contribution in [0.25, 0.3) is 10.4 Å². The number of hydrogen-bond acceptors (Lipinski definition) is 8. The quantitative estimate of drug-likeness (QED) is 0.294. The molecule has 0 saturated carbocycles. The van der Waals surface area contributed by atoms with Crippen LogP contribution in [0.5, 0.6) is 0 Å². The van der Waals surface area contributed by atoms with Gasteiger partial charge in [-0.25, -0.2) is 9.78 Å². The summed E-state index contributed by atoms with van der Waals surface area (Å²) < 4.78 is 5.47. The maximum atomic E-state index is 12.4. The molecule has 1 aromatic carbocycles. The van der Waals surface area contributed by atoms with Gasteiger partial charge in [-0.05, 0) is 82.7 Å². The number of nitrogens with zero attached hydrogens (tertiary/aromatic N) is 2. The van der Waals surface area contributed by atoms with Crippen LogP contribution in [0, 0.1) is 5.92 Å². The van der Waals surface area contributed by atoms with E-state index in [0.29, 0.717) is 48.0 Å². The van der Waals surface area contributed by atoms with Gasteiger partial charge in [-0.15, -0.1) is 11.3 Å². The van der Waals surface area contributed by atoms with Crippen molar-refractivity contribution in [3.8, 4) is 10.4 Å². The molecule has 0 radical (unpaired) electrons. The van der Waals surface area contributed by atoms with E-state index in [1.54, 1.807) is 43.0 Å². The fourth-order valence-electron chi connectivity index (χ4n) is 4.62. The summed E-state index contributed by atoms with van der Waals surface area (Å²) in [5.41, 5.74) is 6.72. The Morgan fingerprint density at radius 3 is 2.33 bits per heavy atom.